The number of rotatable bonds is 10. The second kappa shape index (κ2) is 14.7. The molecule has 0 aliphatic carbocycles. The lowest BCUT2D eigenvalue weighted by Crippen LogP contribution is -2.18. The van der Waals surface area contributed by atoms with E-state index in [0.29, 0.717) is 21.1 Å². The molecule has 0 saturated heterocycles. The zero-order chi connectivity index (χ0) is 32.1. The molecular formula is C30H22Cl4N2O6S2. The molecule has 0 saturated carbocycles. The van der Waals surface area contributed by atoms with Gasteiger partial charge in [0.25, 0.3) is 5.91 Å². The van der Waals surface area contributed by atoms with Crippen molar-refractivity contribution in [2.45, 2.75) is 18.7 Å². The summed E-state index contributed by atoms with van der Waals surface area (Å²) < 4.78 is 5.26. The second-order valence-corrected chi connectivity index (χ2v) is 12.5. The van der Waals surface area contributed by atoms with E-state index in [1.807, 2.05) is 31.2 Å². The summed E-state index contributed by atoms with van der Waals surface area (Å²) >= 11 is 26.7. The van der Waals surface area contributed by atoms with E-state index in [4.69, 9.17) is 51.1 Å². The molecule has 44 heavy (non-hydrogen) atoms. The van der Waals surface area contributed by atoms with E-state index in [1.54, 1.807) is 36.6 Å². The van der Waals surface area contributed by atoms with Crippen LogP contribution >= 0.6 is 69.5 Å². The quantitative estimate of drug-likeness (QED) is 0.0649. The fourth-order valence-electron chi connectivity index (χ4n) is 4.02. The SMILES string of the molecule is CCOC(=O)c1c(-c2ccc(C)cc2)csc1NC(=O)CSc1cccc(NC(=O)c2c(Cl)c(Cl)c(Cl)c(Cl)c2C(=O)O)c1. The van der Waals surface area contributed by atoms with Crippen LogP contribution in [0.15, 0.2) is 58.8 Å². The highest BCUT2D eigenvalue weighted by Crippen LogP contribution is 2.42. The molecule has 0 fully saturated rings. The van der Waals surface area contributed by atoms with Gasteiger partial charge in [-0.15, -0.1) is 23.1 Å². The summed E-state index contributed by atoms with van der Waals surface area (Å²) in [6, 6.07) is 14.2. The van der Waals surface area contributed by atoms with Crippen molar-refractivity contribution in [1.29, 1.82) is 0 Å². The maximum absolute atomic E-state index is 13.1. The number of nitrogens with one attached hydrogen (secondary N) is 2. The van der Waals surface area contributed by atoms with Crippen molar-refractivity contribution in [2.75, 3.05) is 23.0 Å². The number of aromatic carboxylic acids is 1. The molecule has 0 radical (unpaired) electrons. The van der Waals surface area contributed by atoms with Gasteiger partial charge < -0.3 is 20.5 Å². The van der Waals surface area contributed by atoms with Crippen molar-refractivity contribution in [3.8, 4) is 11.1 Å². The van der Waals surface area contributed by atoms with Crippen LogP contribution in [0.2, 0.25) is 20.1 Å². The summed E-state index contributed by atoms with van der Waals surface area (Å²) in [4.78, 5) is 51.3. The summed E-state index contributed by atoms with van der Waals surface area (Å²) in [6.07, 6.45) is 0. The van der Waals surface area contributed by atoms with Gasteiger partial charge in [-0.3, -0.25) is 9.59 Å². The minimum absolute atomic E-state index is 0.0190. The molecule has 0 spiro atoms. The number of hydrogen-bond acceptors (Lipinski definition) is 7. The fraction of sp³-hybridized carbons (Fsp3) is 0.133. The zero-order valence-electron chi connectivity index (χ0n) is 22.9. The van der Waals surface area contributed by atoms with Crippen LogP contribution in [0, 0.1) is 6.92 Å². The van der Waals surface area contributed by atoms with Crippen LogP contribution in [0.5, 0.6) is 0 Å². The number of hydrogen-bond donors (Lipinski definition) is 3. The van der Waals surface area contributed by atoms with Crippen molar-refractivity contribution in [2.24, 2.45) is 0 Å². The van der Waals surface area contributed by atoms with Crippen molar-refractivity contribution in [3.63, 3.8) is 0 Å². The van der Waals surface area contributed by atoms with Crippen LogP contribution in [0.1, 0.15) is 43.6 Å². The number of anilines is 2. The van der Waals surface area contributed by atoms with Crippen LogP contribution in [-0.2, 0) is 9.53 Å². The second-order valence-electron chi connectivity index (χ2n) is 9.07. The lowest BCUT2D eigenvalue weighted by Gasteiger charge is -2.14. The average molecular weight is 712 g/mol. The molecule has 0 aliphatic rings. The largest absolute Gasteiger partial charge is 0.478 e. The van der Waals surface area contributed by atoms with Gasteiger partial charge in [-0.25, -0.2) is 9.59 Å². The highest BCUT2D eigenvalue weighted by molar-refractivity contribution is 8.00. The van der Waals surface area contributed by atoms with Crippen LogP contribution < -0.4 is 10.6 Å². The number of thioether (sulfide) groups is 1. The first-order chi connectivity index (χ1) is 20.9. The maximum atomic E-state index is 13.1. The molecule has 0 bridgehead atoms. The highest BCUT2D eigenvalue weighted by Gasteiger charge is 2.29. The number of carboxylic acid groups (broad SMARTS) is 1. The van der Waals surface area contributed by atoms with E-state index in [2.05, 4.69) is 10.6 Å². The number of halogens is 4. The first-order valence-corrected chi connectivity index (χ1v) is 16.1. The normalized spacial score (nSPS) is 10.8. The summed E-state index contributed by atoms with van der Waals surface area (Å²) in [5.41, 5.74) is 2.09. The predicted octanol–water partition coefficient (Wildman–Crippen LogP) is 9.20. The van der Waals surface area contributed by atoms with Crippen LogP contribution in [0.4, 0.5) is 10.7 Å². The number of aryl methyl sites for hydroxylation is 1. The van der Waals surface area contributed by atoms with E-state index in [-0.39, 0.29) is 38.9 Å². The van der Waals surface area contributed by atoms with Crippen molar-refractivity contribution in [3.05, 3.63) is 96.3 Å². The molecule has 0 aliphatic heterocycles. The third-order valence-electron chi connectivity index (χ3n) is 6.06. The Hall–Kier alpha value is -3.25. The monoisotopic (exact) mass is 710 g/mol. The van der Waals surface area contributed by atoms with E-state index >= 15 is 0 Å². The molecule has 228 valence electrons. The maximum Gasteiger partial charge on any atom is 0.341 e. The molecule has 1 heterocycles. The molecule has 2 amide bonds. The number of thiophene rings is 1. The Morgan fingerprint density at radius 2 is 1.55 bits per heavy atom. The number of carbonyl (C=O) groups excluding carboxylic acids is 3. The summed E-state index contributed by atoms with van der Waals surface area (Å²) in [7, 11) is 0. The highest BCUT2D eigenvalue weighted by atomic mass is 35.5. The lowest BCUT2D eigenvalue weighted by molar-refractivity contribution is -0.113. The molecule has 14 heteroatoms. The van der Waals surface area contributed by atoms with Crippen LogP contribution in [0.25, 0.3) is 11.1 Å². The smallest absolute Gasteiger partial charge is 0.341 e. The van der Waals surface area contributed by atoms with Crippen molar-refractivity contribution in [1.82, 2.24) is 0 Å². The van der Waals surface area contributed by atoms with Gasteiger partial charge in [-0.05, 0) is 37.6 Å². The third kappa shape index (κ3) is 7.51. The van der Waals surface area contributed by atoms with Crippen LogP contribution in [0.3, 0.4) is 0 Å². The number of carbonyl (C=O) groups is 4. The molecule has 3 aromatic carbocycles. The van der Waals surface area contributed by atoms with Gasteiger partial charge in [0.15, 0.2) is 0 Å². The van der Waals surface area contributed by atoms with Gasteiger partial charge in [-0.1, -0.05) is 82.3 Å². The molecule has 0 atom stereocenters. The Morgan fingerprint density at radius 1 is 0.886 bits per heavy atom. The van der Waals surface area contributed by atoms with Crippen molar-refractivity contribution < 1.29 is 29.0 Å². The lowest BCUT2D eigenvalue weighted by atomic mass is 10.0. The molecule has 8 nitrogen and oxygen atoms in total. The molecule has 1 aromatic heterocycles. The minimum Gasteiger partial charge on any atom is -0.478 e. The van der Waals surface area contributed by atoms with Gasteiger partial charge in [-0.2, -0.15) is 0 Å². The first-order valence-electron chi connectivity index (χ1n) is 12.7. The summed E-state index contributed by atoms with van der Waals surface area (Å²) in [5.74, 6) is -3.31. The summed E-state index contributed by atoms with van der Waals surface area (Å²) in [6.45, 7) is 3.85. The molecule has 4 rings (SSSR count). The Balaban J connectivity index is 1.48. The number of benzene rings is 3. The molecular weight excluding hydrogens is 690 g/mol. The molecule has 0 unspecified atom stereocenters. The summed E-state index contributed by atoms with van der Waals surface area (Å²) in [5, 5.41) is 15.9. The van der Waals surface area contributed by atoms with E-state index in [1.165, 1.54) is 23.1 Å². The predicted molar refractivity (Wildman–Crippen MR) is 178 cm³/mol. The Kier molecular flexibility index (Phi) is 11.2. The number of ether oxygens (including phenoxy) is 1. The standard InChI is InChI=1S/C30H22Cl4N2O6S2/c1-3-42-30(41)20-18(15-9-7-14(2)8-10-15)12-44-28(20)36-19(37)13-43-17-6-4-5-16(11-17)35-27(38)21-22(29(39)40)24(32)26(34)25(33)23(21)31/h4-12H,3,13H2,1-2H3,(H,35,38)(H,36,37)(H,39,40). The molecule has 4 aromatic rings. The van der Waals surface area contributed by atoms with Crippen molar-refractivity contribution >= 4 is 104 Å². The van der Waals surface area contributed by atoms with Gasteiger partial charge in [0.1, 0.15) is 10.6 Å². The Morgan fingerprint density at radius 3 is 2.18 bits per heavy atom. The number of carboxylic acids is 1. The van der Waals surface area contributed by atoms with Crippen LogP contribution in [-0.4, -0.2) is 41.2 Å². The Bertz CT molecular complexity index is 1780. The fourth-order valence-corrected chi connectivity index (χ4v) is 6.76. The topological polar surface area (TPSA) is 122 Å². The van der Waals surface area contributed by atoms with Gasteiger partial charge in [0.05, 0.1) is 43.6 Å². The van der Waals surface area contributed by atoms with Gasteiger partial charge in [0, 0.05) is 21.5 Å². The number of amides is 2. The van der Waals surface area contributed by atoms with E-state index in [0.717, 1.165) is 11.1 Å². The Labute approximate surface area is 280 Å². The van der Waals surface area contributed by atoms with Gasteiger partial charge >= 0.3 is 11.9 Å². The third-order valence-corrected chi connectivity index (χ3v) is 9.75. The van der Waals surface area contributed by atoms with Gasteiger partial charge in [0.2, 0.25) is 5.91 Å². The molecule has 3 N–H and O–H groups in total. The van der Waals surface area contributed by atoms with E-state index < -0.39 is 34.0 Å². The minimum atomic E-state index is -1.52. The first kappa shape index (κ1) is 33.6. The average Bonchev–Trinajstić information content (AvgIpc) is 3.40. The van der Waals surface area contributed by atoms with E-state index in [9.17, 15) is 24.3 Å². The number of esters is 1. The zero-order valence-corrected chi connectivity index (χ0v) is 27.6.